The van der Waals surface area contributed by atoms with Gasteiger partial charge in [0.05, 0.1) is 38.9 Å². The molecule has 6 heteroatoms. The van der Waals surface area contributed by atoms with Crippen LogP contribution in [0.15, 0.2) is 255 Å². The molecule has 1 spiro atoms. The fraction of sp³-hybridized carbons (Fsp3) is 0.161. The van der Waals surface area contributed by atoms with Crippen molar-refractivity contribution in [3.05, 3.63) is 322 Å². The fourth-order valence-corrected chi connectivity index (χ4v) is 19.2. The summed E-state index contributed by atoms with van der Waals surface area (Å²) in [5.74, 6) is 0. The number of aryl methyl sites for hydroxylation is 6. The van der Waals surface area contributed by atoms with Crippen molar-refractivity contribution < 1.29 is 0 Å². The number of rotatable bonds is 5. The van der Waals surface area contributed by atoms with Gasteiger partial charge in [0.2, 0.25) is 13.4 Å². The number of fused-ring (bicyclic) bond motifs is 20. The van der Waals surface area contributed by atoms with Crippen molar-refractivity contribution >= 4 is 124 Å². The SMILES string of the molecule is Cc1cc(C)c(B2c3cc(C(C)(C)C)ccc3N3c4ccc(C(C)(C)C)cc4B(c4c(C)cc(C)cc4C)c4cc(-n5c6ccccc6c6ccc7c8ccccc8n(-c8ccc(N9c%10ccccc%10C%10(c%11ccccc%11-c%11ccccc%11%10)c%10ccccc%109)cc8)c7c65)cc2c43)c(C)c1. The largest absolute Gasteiger partial charge is 0.313 e. The molecular formula is C93H78B2N4. The average molecular weight is 1270 g/mol. The highest BCUT2D eigenvalue weighted by atomic mass is 15.2. The molecule has 19 rings (SSSR count). The van der Waals surface area contributed by atoms with Gasteiger partial charge in [0.15, 0.2) is 0 Å². The number of hydrogen-bond donors (Lipinski definition) is 0. The van der Waals surface area contributed by atoms with Gasteiger partial charge in [0.25, 0.3) is 0 Å². The normalized spacial score (nSPS) is 14.1. The van der Waals surface area contributed by atoms with Crippen molar-refractivity contribution in [1.82, 2.24) is 9.13 Å². The summed E-state index contributed by atoms with van der Waals surface area (Å²) in [6, 6.07) is 98.9. The Labute approximate surface area is 582 Å². The van der Waals surface area contributed by atoms with E-state index in [-0.39, 0.29) is 24.3 Å². The van der Waals surface area contributed by atoms with Crippen molar-refractivity contribution in [2.24, 2.45) is 0 Å². The maximum Gasteiger partial charge on any atom is 0.247 e. The maximum absolute atomic E-state index is 2.69. The minimum absolute atomic E-state index is 0.0867. The summed E-state index contributed by atoms with van der Waals surface area (Å²) < 4.78 is 5.25. The number of hydrogen-bond acceptors (Lipinski definition) is 2. The van der Waals surface area contributed by atoms with Crippen LogP contribution in [0.25, 0.3) is 66.1 Å². The second-order valence-electron chi connectivity index (χ2n) is 31.1. The Morgan fingerprint density at radius 3 is 1.13 bits per heavy atom. The molecule has 4 aliphatic rings. The van der Waals surface area contributed by atoms with Crippen LogP contribution in [0.5, 0.6) is 0 Å². The van der Waals surface area contributed by atoms with E-state index in [4.69, 9.17) is 0 Å². The van der Waals surface area contributed by atoms with Gasteiger partial charge in [-0.15, -0.1) is 0 Å². The van der Waals surface area contributed by atoms with Crippen molar-refractivity contribution in [3.8, 4) is 22.5 Å². The lowest BCUT2D eigenvalue weighted by molar-refractivity contribution is 0.590. The predicted molar refractivity (Wildman–Crippen MR) is 423 cm³/mol. The topological polar surface area (TPSA) is 16.3 Å². The first-order valence-corrected chi connectivity index (χ1v) is 35.6. The first-order valence-electron chi connectivity index (χ1n) is 35.6. The molecule has 4 nitrogen and oxygen atoms in total. The maximum atomic E-state index is 2.69. The predicted octanol–water partition coefficient (Wildman–Crippen LogP) is 19.6. The van der Waals surface area contributed by atoms with Gasteiger partial charge in [-0.1, -0.05) is 268 Å². The van der Waals surface area contributed by atoms with Gasteiger partial charge in [-0.2, -0.15) is 0 Å². The first-order chi connectivity index (χ1) is 47.9. The molecule has 2 aromatic heterocycles. The molecule has 0 fully saturated rings. The van der Waals surface area contributed by atoms with Crippen LogP contribution in [0, 0.1) is 41.5 Å². The van der Waals surface area contributed by atoms with E-state index < -0.39 is 5.41 Å². The Balaban J connectivity index is 0.891. The molecule has 476 valence electrons. The zero-order chi connectivity index (χ0) is 67.4. The van der Waals surface area contributed by atoms with E-state index in [2.05, 4.69) is 357 Å². The Morgan fingerprint density at radius 1 is 0.303 bits per heavy atom. The van der Waals surface area contributed by atoms with Gasteiger partial charge in [0.1, 0.15) is 0 Å². The number of aromatic nitrogens is 2. The summed E-state index contributed by atoms with van der Waals surface area (Å²) >= 11 is 0. The van der Waals surface area contributed by atoms with Crippen LogP contribution < -0.4 is 42.6 Å². The van der Waals surface area contributed by atoms with E-state index >= 15 is 0 Å². The Hall–Kier alpha value is -10.8. The standard InChI is InChI=1S/C93H78B2N4/c1-55-47-57(3)86(58(4)48-55)94-76-51-61(91(7,8)9)37-45-84(76)99-85-46-38-62(92(10,11)12)52-77(85)95(87-59(5)49-56(2)50-60(87)6)79-54-65(53-78(94)90(79)99)98-81-34-22-16-28-69(81)71-44-43-70-68-27-15-21-33-80(68)97(88(70)89(71)98)64-41-39-63(40-42-64)96-82-35-23-19-31-74(82)93(75-32-20-24-36-83(75)96)72-29-17-13-25-66(72)67-26-14-18-30-73(67)93/h13-54H,1-12H3. The van der Waals surface area contributed by atoms with Crippen LogP contribution in [-0.4, -0.2) is 22.6 Å². The Bertz CT molecular complexity index is 5710. The van der Waals surface area contributed by atoms with E-state index in [1.54, 1.807) is 0 Å². The lowest BCUT2D eigenvalue weighted by Gasteiger charge is -2.45. The highest BCUT2D eigenvalue weighted by molar-refractivity contribution is 7.02. The molecule has 0 radical (unpaired) electrons. The van der Waals surface area contributed by atoms with E-state index in [1.807, 2.05) is 0 Å². The Morgan fingerprint density at radius 2 is 0.687 bits per heavy atom. The van der Waals surface area contributed by atoms with Crippen molar-refractivity contribution in [1.29, 1.82) is 0 Å². The smallest absolute Gasteiger partial charge is 0.247 e. The zero-order valence-electron chi connectivity index (χ0n) is 58.7. The minimum atomic E-state index is -0.488. The molecular weight excluding hydrogens is 1190 g/mol. The van der Waals surface area contributed by atoms with Crippen LogP contribution in [0.2, 0.25) is 0 Å². The minimum Gasteiger partial charge on any atom is -0.313 e. The van der Waals surface area contributed by atoms with Gasteiger partial charge >= 0.3 is 0 Å². The first kappa shape index (κ1) is 59.5. The second-order valence-corrected chi connectivity index (χ2v) is 31.1. The van der Waals surface area contributed by atoms with Gasteiger partial charge < -0.3 is 18.9 Å². The molecule has 1 aliphatic carbocycles. The van der Waals surface area contributed by atoms with Crippen LogP contribution in [-0.2, 0) is 16.2 Å². The van der Waals surface area contributed by atoms with E-state index in [9.17, 15) is 0 Å². The third kappa shape index (κ3) is 8.30. The van der Waals surface area contributed by atoms with Crippen molar-refractivity contribution in [2.45, 2.75) is 99.3 Å². The van der Waals surface area contributed by atoms with E-state index in [1.165, 1.54) is 183 Å². The molecule has 13 aromatic carbocycles. The molecule has 0 N–H and O–H groups in total. The van der Waals surface area contributed by atoms with Crippen LogP contribution >= 0.6 is 0 Å². The van der Waals surface area contributed by atoms with Crippen molar-refractivity contribution in [3.63, 3.8) is 0 Å². The molecule has 0 amide bonds. The van der Waals surface area contributed by atoms with Crippen LogP contribution in [0.4, 0.5) is 34.1 Å². The highest BCUT2D eigenvalue weighted by Gasteiger charge is 2.52. The molecule has 0 unspecified atom stereocenters. The number of anilines is 6. The molecule has 99 heavy (non-hydrogen) atoms. The monoisotopic (exact) mass is 1270 g/mol. The van der Waals surface area contributed by atoms with E-state index in [0.29, 0.717) is 0 Å². The Kier molecular flexibility index (Phi) is 12.7. The second kappa shape index (κ2) is 21.1. The van der Waals surface area contributed by atoms with Gasteiger partial charge in [-0.25, -0.2) is 0 Å². The summed E-state index contributed by atoms with van der Waals surface area (Å²) in [6.45, 7) is 28.0. The molecule has 0 bridgehead atoms. The van der Waals surface area contributed by atoms with Crippen LogP contribution in [0.1, 0.15) is 108 Å². The number of nitrogens with zero attached hydrogens (tertiary/aromatic N) is 4. The molecule has 15 aromatic rings. The van der Waals surface area contributed by atoms with Gasteiger partial charge in [0, 0.05) is 55.7 Å². The summed E-state index contributed by atoms with van der Waals surface area (Å²) in [7, 11) is 0. The lowest BCUT2D eigenvalue weighted by Crippen LogP contribution is -2.66. The van der Waals surface area contributed by atoms with Crippen molar-refractivity contribution in [2.75, 3.05) is 9.80 Å². The molecule has 3 aliphatic heterocycles. The lowest BCUT2D eigenvalue weighted by atomic mass is 9.29. The fourth-order valence-electron chi connectivity index (χ4n) is 19.2. The summed E-state index contributed by atoms with van der Waals surface area (Å²) in [6.07, 6.45) is 0. The van der Waals surface area contributed by atoms with Gasteiger partial charge in [-0.3, -0.25) is 0 Å². The molecule has 0 saturated carbocycles. The molecule has 0 atom stereocenters. The van der Waals surface area contributed by atoms with Gasteiger partial charge in [-0.05, 0) is 192 Å². The summed E-state index contributed by atoms with van der Waals surface area (Å²) in [5.41, 5.74) is 40.1. The number of benzene rings is 13. The molecule has 0 saturated heterocycles. The number of para-hydroxylation sites is 4. The quantitative estimate of drug-likeness (QED) is 0.160. The summed E-state index contributed by atoms with van der Waals surface area (Å²) in [5, 5.41) is 4.89. The molecule has 5 heterocycles. The highest BCUT2D eigenvalue weighted by Crippen LogP contribution is 2.63. The third-order valence-electron chi connectivity index (χ3n) is 23.1. The zero-order valence-corrected chi connectivity index (χ0v) is 58.7. The van der Waals surface area contributed by atoms with E-state index in [0.717, 1.165) is 17.1 Å². The summed E-state index contributed by atoms with van der Waals surface area (Å²) in [4.78, 5) is 5.21. The van der Waals surface area contributed by atoms with Crippen LogP contribution in [0.3, 0.4) is 0 Å². The third-order valence-corrected chi connectivity index (χ3v) is 23.1. The average Bonchev–Trinajstić information content (AvgIpc) is 1.67.